The van der Waals surface area contributed by atoms with Gasteiger partial charge in [0.15, 0.2) is 11.5 Å². The number of carbonyl (C=O) groups excluding carboxylic acids is 1. The van der Waals surface area contributed by atoms with Gasteiger partial charge in [-0.1, -0.05) is 63.2 Å². The predicted octanol–water partition coefficient (Wildman–Crippen LogP) is 7.34. The molecule has 0 fully saturated rings. The van der Waals surface area contributed by atoms with E-state index in [9.17, 15) is 35.8 Å². The number of amides is 1. The Kier molecular flexibility index (Phi) is 13.2. The first kappa shape index (κ1) is 41.3. The van der Waals surface area contributed by atoms with Crippen LogP contribution in [-0.4, -0.2) is 96.1 Å². The molecule has 16 heteroatoms. The van der Waals surface area contributed by atoms with Gasteiger partial charge in [0.2, 0.25) is 0 Å². The van der Waals surface area contributed by atoms with Gasteiger partial charge in [-0.15, -0.1) is 10.2 Å². The third-order valence-electron chi connectivity index (χ3n) is 7.27. The van der Waals surface area contributed by atoms with Crippen LogP contribution in [-0.2, 0) is 25.7 Å². The molecule has 0 spiro atoms. The topological polar surface area (TPSA) is 192 Å². The molecule has 250 valence electrons. The van der Waals surface area contributed by atoms with Crippen LogP contribution in [0.1, 0.15) is 42.3 Å². The van der Waals surface area contributed by atoms with Crippen molar-refractivity contribution >= 4 is 113 Å². The second kappa shape index (κ2) is 16.0. The minimum absolute atomic E-state index is 0. The minimum atomic E-state index is -5.11. The summed E-state index contributed by atoms with van der Waals surface area (Å²) in [6.45, 7) is 8.01. The number of phenolic OH excluding ortho intramolecular Hbond substituents is 1. The number of rotatable bonds is 8. The molecule has 0 aliphatic heterocycles. The molecule has 5 aromatic carbocycles. The number of ether oxygens (including phenoxy) is 1. The van der Waals surface area contributed by atoms with E-state index in [0.717, 1.165) is 29.3 Å². The molecular weight excluding hydrogens is 704 g/mol. The van der Waals surface area contributed by atoms with E-state index in [0.29, 0.717) is 5.75 Å². The van der Waals surface area contributed by atoms with Gasteiger partial charge in [0, 0.05) is 75.6 Å². The summed E-state index contributed by atoms with van der Waals surface area (Å²) < 4.78 is 75.5. The fourth-order valence-electron chi connectivity index (χ4n) is 4.97. The number of hydrogen-bond acceptors (Lipinski definition) is 9. The van der Waals surface area contributed by atoms with E-state index in [1.54, 1.807) is 42.5 Å². The molecule has 0 bridgehead atoms. The molecule has 5 rings (SSSR count). The summed E-state index contributed by atoms with van der Waals surface area (Å²) >= 11 is 0. The molecule has 0 aliphatic rings. The molecule has 0 saturated carbocycles. The first-order chi connectivity index (χ1) is 22.4. The van der Waals surface area contributed by atoms with Gasteiger partial charge < -0.3 is 15.2 Å². The smallest absolute Gasteiger partial charge is 0.296 e. The van der Waals surface area contributed by atoms with Crippen molar-refractivity contribution in [1.82, 2.24) is 0 Å². The van der Waals surface area contributed by atoms with E-state index in [2.05, 4.69) is 15.5 Å². The van der Waals surface area contributed by atoms with E-state index in [-0.39, 0.29) is 98.0 Å². The number of nitrogens with one attached hydrogen (secondary N) is 1. The van der Waals surface area contributed by atoms with Gasteiger partial charge in [0.25, 0.3) is 26.1 Å². The molecule has 50 heavy (non-hydrogen) atoms. The Morgan fingerprint density at radius 1 is 0.780 bits per heavy atom. The summed E-state index contributed by atoms with van der Waals surface area (Å²) in [5, 5.41) is 21.6. The number of fused-ring (bicyclic) bond motifs is 1. The van der Waals surface area contributed by atoms with E-state index in [4.69, 9.17) is 4.74 Å². The first-order valence-corrected chi connectivity index (χ1v) is 17.3. The van der Waals surface area contributed by atoms with Gasteiger partial charge >= 0.3 is 0 Å². The van der Waals surface area contributed by atoms with Crippen LogP contribution in [0.3, 0.4) is 0 Å². The number of benzene rings is 5. The molecule has 0 unspecified atom stereocenters. The van der Waals surface area contributed by atoms with Crippen LogP contribution >= 0.6 is 0 Å². The predicted molar refractivity (Wildman–Crippen MR) is 192 cm³/mol. The number of nitrogens with zero attached hydrogens (tertiary/aromatic N) is 2. The van der Waals surface area contributed by atoms with Crippen LogP contribution in [0.25, 0.3) is 10.8 Å². The number of para-hydroxylation sites is 1. The van der Waals surface area contributed by atoms with Crippen molar-refractivity contribution in [1.29, 1.82) is 0 Å². The Labute approximate surface area is 334 Å². The van der Waals surface area contributed by atoms with Crippen molar-refractivity contribution < 1.29 is 40.6 Å². The number of aryl methyl sites for hydroxylation is 1. The Balaban J connectivity index is 0.00000338. The van der Waals surface area contributed by atoms with Gasteiger partial charge in [-0.3, -0.25) is 13.9 Å². The van der Waals surface area contributed by atoms with Crippen LogP contribution in [0, 0.1) is 6.92 Å². The van der Waals surface area contributed by atoms with Gasteiger partial charge in [-0.05, 0) is 71.8 Å². The Morgan fingerprint density at radius 2 is 1.42 bits per heavy atom. The average Bonchev–Trinajstić information content (AvgIpc) is 3.00. The molecule has 0 saturated heterocycles. The maximum atomic E-state index is 13.0. The maximum Gasteiger partial charge on any atom is 0.296 e. The van der Waals surface area contributed by atoms with Crippen molar-refractivity contribution in [2.24, 2.45) is 10.2 Å². The van der Waals surface area contributed by atoms with E-state index < -0.39 is 47.4 Å². The van der Waals surface area contributed by atoms with Crippen molar-refractivity contribution in [2.75, 3.05) is 5.32 Å². The van der Waals surface area contributed by atoms with Gasteiger partial charge in [-0.25, -0.2) is 0 Å². The van der Waals surface area contributed by atoms with E-state index in [1.807, 2.05) is 45.9 Å². The van der Waals surface area contributed by atoms with E-state index >= 15 is 0 Å². The quantitative estimate of drug-likeness (QED) is 0.0717. The van der Waals surface area contributed by atoms with Crippen LogP contribution in [0.2, 0.25) is 0 Å². The summed E-state index contributed by atoms with van der Waals surface area (Å²) in [7, 11) is -9.99. The third kappa shape index (κ3) is 9.39. The summed E-state index contributed by atoms with van der Waals surface area (Å²) in [6.07, 6.45) is 0. The molecule has 2 radical (unpaired) electrons. The van der Waals surface area contributed by atoms with Gasteiger partial charge in [0.05, 0.1) is 10.6 Å². The average molecular weight is 736 g/mol. The molecule has 0 aromatic heterocycles. The van der Waals surface area contributed by atoms with Crippen molar-refractivity contribution in [3.63, 3.8) is 0 Å². The van der Waals surface area contributed by atoms with Crippen molar-refractivity contribution in [3.05, 3.63) is 108 Å². The Hall–Kier alpha value is -3.15. The summed E-state index contributed by atoms with van der Waals surface area (Å²) in [5.74, 6) is -0.755. The SMILES string of the molecule is Cc1ccc(C(C)(C)C)c(Oc2ccccc2N=Nc2c(S(=O)(=O)O)cc3cc(S(=O)(=O)O)cc(NC(=O)c4ccccc4)c3c2O)c1.[Na].[Na]. The summed E-state index contributed by atoms with van der Waals surface area (Å²) in [6, 6.07) is 22.8. The van der Waals surface area contributed by atoms with Gasteiger partial charge in [0.1, 0.15) is 22.0 Å². The molecule has 4 N–H and O–H groups in total. The monoisotopic (exact) mass is 735 g/mol. The standard InChI is InChI=1S/C34H31N3O9S2.2Na/c1-20-14-15-24(34(2,3)4)28(16-20)46-27-13-9-8-12-25(27)36-37-31-29(48(43,44)45)18-22-17-23(47(40,41)42)19-26(30(22)32(31)38)35-33(39)21-10-6-5-7-11-21;;/h5-19,38H,1-4H3,(H,35,39)(H,40,41,42)(H,43,44,45);;. The molecular formula is C34H31N3Na2O9S2. The largest absolute Gasteiger partial charge is 0.505 e. The zero-order valence-corrected chi connectivity index (χ0v) is 33.8. The van der Waals surface area contributed by atoms with Gasteiger partial charge in [-0.2, -0.15) is 16.8 Å². The fraction of sp³-hybridized carbons (Fsp3) is 0.147. The van der Waals surface area contributed by atoms with Crippen molar-refractivity contribution in [2.45, 2.75) is 42.9 Å². The third-order valence-corrected chi connectivity index (χ3v) is 8.97. The summed E-state index contributed by atoms with van der Waals surface area (Å²) in [5.41, 5.74) is 0.890. The second-order valence-corrected chi connectivity index (χ2v) is 14.7. The second-order valence-electron chi connectivity index (χ2n) is 11.9. The number of phenols is 1. The molecule has 0 aliphatic carbocycles. The van der Waals surface area contributed by atoms with Crippen LogP contribution in [0.4, 0.5) is 17.1 Å². The minimum Gasteiger partial charge on any atom is -0.505 e. The Bertz CT molecular complexity index is 2330. The van der Waals surface area contributed by atoms with Crippen LogP contribution in [0.15, 0.2) is 111 Å². The molecule has 1 amide bonds. The number of anilines is 1. The van der Waals surface area contributed by atoms with Crippen molar-refractivity contribution in [3.8, 4) is 17.2 Å². The fourth-order valence-corrected chi connectivity index (χ4v) is 6.17. The zero-order valence-electron chi connectivity index (χ0n) is 28.2. The molecule has 0 heterocycles. The number of carbonyl (C=O) groups is 1. The molecule has 5 aromatic rings. The first-order valence-electron chi connectivity index (χ1n) is 14.4. The normalized spacial score (nSPS) is 11.9. The van der Waals surface area contributed by atoms with Crippen LogP contribution in [0.5, 0.6) is 17.2 Å². The summed E-state index contributed by atoms with van der Waals surface area (Å²) in [4.78, 5) is 11.4. The number of aromatic hydroxyl groups is 1. The molecule has 12 nitrogen and oxygen atoms in total. The zero-order chi connectivity index (χ0) is 35.0. The van der Waals surface area contributed by atoms with E-state index in [1.165, 1.54) is 12.1 Å². The Morgan fingerprint density at radius 3 is 2.04 bits per heavy atom. The number of azo groups is 1. The number of hydrogen-bond donors (Lipinski definition) is 4. The molecule has 0 atom stereocenters. The van der Waals surface area contributed by atoms with Crippen LogP contribution < -0.4 is 10.1 Å². The maximum absolute atomic E-state index is 13.0.